The Morgan fingerprint density at radius 3 is 2.33 bits per heavy atom. The van der Waals surface area contributed by atoms with Gasteiger partial charge in [0, 0.05) is 36.5 Å². The predicted octanol–water partition coefficient (Wildman–Crippen LogP) is 4.93. The topological polar surface area (TPSA) is 114 Å². The minimum atomic E-state index is -0.849. The standard InChI is InChI=1S/C33H39NO7S/c1-21-30(20-42-16-15-35)40-33(41-31(21)27-9-7-24(19-36)8-10-27)28-13-11-26(12-14-28)29-6-4-5-25(17-29)18-34-32(38)22(2)39-23(3)37/h4-14,17,21-22,30-31,33,35-36H,15-16,18-20H2,1-3H3,(H,34,38). The number of hydrogen-bond donors (Lipinski definition) is 3. The quantitative estimate of drug-likeness (QED) is 0.200. The first-order valence-electron chi connectivity index (χ1n) is 14.1. The highest BCUT2D eigenvalue weighted by Crippen LogP contribution is 2.42. The molecule has 3 aromatic carbocycles. The summed E-state index contributed by atoms with van der Waals surface area (Å²) in [6, 6.07) is 23.8. The van der Waals surface area contributed by atoms with Crippen LogP contribution in [-0.2, 0) is 37.0 Å². The van der Waals surface area contributed by atoms with Gasteiger partial charge in [0.2, 0.25) is 0 Å². The molecule has 3 N–H and O–H groups in total. The Hall–Kier alpha value is -3.21. The molecule has 1 aliphatic heterocycles. The van der Waals surface area contributed by atoms with Gasteiger partial charge in [-0.25, -0.2) is 0 Å². The largest absolute Gasteiger partial charge is 0.453 e. The van der Waals surface area contributed by atoms with Crippen molar-refractivity contribution < 1.29 is 34.0 Å². The van der Waals surface area contributed by atoms with Gasteiger partial charge in [-0.15, -0.1) is 0 Å². The maximum absolute atomic E-state index is 12.2. The van der Waals surface area contributed by atoms with Crippen LogP contribution in [0.15, 0.2) is 72.8 Å². The molecule has 0 bridgehead atoms. The fraction of sp³-hybridized carbons (Fsp3) is 0.394. The van der Waals surface area contributed by atoms with Crippen LogP contribution < -0.4 is 5.32 Å². The van der Waals surface area contributed by atoms with Gasteiger partial charge in [0.1, 0.15) is 0 Å². The molecule has 3 aromatic rings. The van der Waals surface area contributed by atoms with E-state index in [4.69, 9.17) is 14.2 Å². The number of thioether (sulfide) groups is 1. The number of benzene rings is 3. The molecular formula is C33H39NO7S. The maximum atomic E-state index is 12.2. The summed E-state index contributed by atoms with van der Waals surface area (Å²) < 4.78 is 17.9. The number of nitrogens with one attached hydrogen (secondary N) is 1. The smallest absolute Gasteiger partial charge is 0.303 e. The molecule has 0 spiro atoms. The number of esters is 1. The van der Waals surface area contributed by atoms with Crippen molar-refractivity contribution in [1.82, 2.24) is 5.32 Å². The Bertz CT molecular complexity index is 1310. The van der Waals surface area contributed by atoms with E-state index in [1.165, 1.54) is 6.92 Å². The molecule has 4 rings (SSSR count). The van der Waals surface area contributed by atoms with Crippen molar-refractivity contribution in [2.24, 2.45) is 5.92 Å². The third-order valence-electron chi connectivity index (χ3n) is 7.26. The van der Waals surface area contributed by atoms with E-state index in [9.17, 15) is 19.8 Å². The van der Waals surface area contributed by atoms with E-state index in [2.05, 4.69) is 12.2 Å². The molecule has 0 saturated carbocycles. The highest BCUT2D eigenvalue weighted by molar-refractivity contribution is 7.99. The summed E-state index contributed by atoms with van der Waals surface area (Å²) in [5, 5.41) is 21.5. The number of carbonyl (C=O) groups is 2. The van der Waals surface area contributed by atoms with Crippen LogP contribution in [0.3, 0.4) is 0 Å². The zero-order valence-corrected chi connectivity index (χ0v) is 25.0. The van der Waals surface area contributed by atoms with Crippen molar-refractivity contribution in [3.63, 3.8) is 0 Å². The number of carbonyl (C=O) groups excluding carboxylic acids is 2. The maximum Gasteiger partial charge on any atom is 0.303 e. The second-order valence-corrected chi connectivity index (χ2v) is 11.6. The lowest BCUT2D eigenvalue weighted by Gasteiger charge is -2.41. The van der Waals surface area contributed by atoms with Gasteiger partial charge in [0.15, 0.2) is 12.4 Å². The zero-order chi connectivity index (χ0) is 30.1. The number of aliphatic hydroxyl groups excluding tert-OH is 2. The van der Waals surface area contributed by atoms with E-state index >= 15 is 0 Å². The summed E-state index contributed by atoms with van der Waals surface area (Å²) in [6.45, 7) is 5.38. The zero-order valence-electron chi connectivity index (χ0n) is 24.2. The molecule has 0 radical (unpaired) electrons. The van der Waals surface area contributed by atoms with Gasteiger partial charge in [-0.2, -0.15) is 11.8 Å². The lowest BCUT2D eigenvalue weighted by molar-refractivity contribution is -0.268. The van der Waals surface area contributed by atoms with Crippen LogP contribution in [0.4, 0.5) is 0 Å². The molecular weight excluding hydrogens is 554 g/mol. The first-order chi connectivity index (χ1) is 20.3. The molecule has 1 heterocycles. The Kier molecular flexibility index (Phi) is 11.6. The second kappa shape index (κ2) is 15.3. The van der Waals surface area contributed by atoms with Gasteiger partial charge >= 0.3 is 5.97 Å². The van der Waals surface area contributed by atoms with Gasteiger partial charge < -0.3 is 29.7 Å². The Labute approximate surface area is 251 Å². The van der Waals surface area contributed by atoms with Crippen LogP contribution in [0, 0.1) is 5.92 Å². The molecule has 42 heavy (non-hydrogen) atoms. The van der Waals surface area contributed by atoms with E-state index < -0.39 is 18.4 Å². The first kappa shape index (κ1) is 31.7. The van der Waals surface area contributed by atoms with Crippen molar-refractivity contribution in [3.05, 3.63) is 95.1 Å². The molecule has 5 atom stereocenters. The van der Waals surface area contributed by atoms with Crippen LogP contribution >= 0.6 is 11.8 Å². The lowest BCUT2D eigenvalue weighted by atomic mass is 9.91. The summed E-state index contributed by atoms with van der Waals surface area (Å²) in [5.41, 5.74) is 5.72. The van der Waals surface area contributed by atoms with E-state index in [-0.39, 0.29) is 37.2 Å². The number of rotatable bonds is 12. The molecule has 1 amide bonds. The predicted molar refractivity (Wildman–Crippen MR) is 162 cm³/mol. The van der Waals surface area contributed by atoms with Crippen LogP contribution in [0.5, 0.6) is 0 Å². The highest BCUT2D eigenvalue weighted by atomic mass is 32.2. The molecule has 0 aromatic heterocycles. The average molecular weight is 594 g/mol. The van der Waals surface area contributed by atoms with Gasteiger partial charge in [0.25, 0.3) is 5.91 Å². The van der Waals surface area contributed by atoms with Crippen molar-refractivity contribution in [1.29, 1.82) is 0 Å². The highest BCUT2D eigenvalue weighted by Gasteiger charge is 2.38. The number of amides is 1. The minimum Gasteiger partial charge on any atom is -0.453 e. The summed E-state index contributed by atoms with van der Waals surface area (Å²) in [6.07, 6.45) is -1.67. The number of hydrogen-bond acceptors (Lipinski definition) is 8. The lowest BCUT2D eigenvalue weighted by Crippen LogP contribution is -2.38. The number of ether oxygens (including phenoxy) is 3. The van der Waals surface area contributed by atoms with Crippen LogP contribution in [0.25, 0.3) is 11.1 Å². The first-order valence-corrected chi connectivity index (χ1v) is 15.3. The van der Waals surface area contributed by atoms with Crippen LogP contribution in [0.2, 0.25) is 0 Å². The third kappa shape index (κ3) is 8.42. The molecule has 1 saturated heterocycles. The third-order valence-corrected chi connectivity index (χ3v) is 8.30. The summed E-state index contributed by atoms with van der Waals surface area (Å²) >= 11 is 1.66. The summed E-state index contributed by atoms with van der Waals surface area (Å²) in [7, 11) is 0. The molecule has 1 aliphatic rings. The summed E-state index contributed by atoms with van der Waals surface area (Å²) in [4.78, 5) is 23.3. The Morgan fingerprint density at radius 2 is 1.67 bits per heavy atom. The van der Waals surface area contributed by atoms with Gasteiger partial charge in [0.05, 0.1) is 25.4 Å². The van der Waals surface area contributed by atoms with Crippen molar-refractivity contribution in [2.45, 2.75) is 58.5 Å². The second-order valence-electron chi connectivity index (χ2n) is 10.4. The molecule has 8 nitrogen and oxygen atoms in total. The van der Waals surface area contributed by atoms with Crippen molar-refractivity contribution in [3.8, 4) is 11.1 Å². The SMILES string of the molecule is CC(=O)OC(C)C(=O)NCc1cccc(-c2ccc(C3OC(CSCCO)C(C)C(c4ccc(CO)cc4)O3)cc2)c1. The van der Waals surface area contributed by atoms with E-state index in [0.29, 0.717) is 12.3 Å². The van der Waals surface area contributed by atoms with Gasteiger partial charge in [-0.3, -0.25) is 9.59 Å². The van der Waals surface area contributed by atoms with Gasteiger partial charge in [-0.05, 0) is 40.8 Å². The monoisotopic (exact) mass is 593 g/mol. The minimum absolute atomic E-state index is 0.00724. The molecule has 0 aliphatic carbocycles. The fourth-order valence-corrected chi connectivity index (χ4v) is 5.81. The van der Waals surface area contributed by atoms with E-state index in [0.717, 1.165) is 39.1 Å². The normalized spacial score (nSPS) is 21.0. The fourth-order valence-electron chi connectivity index (χ4n) is 4.90. The number of aliphatic hydroxyl groups is 2. The Morgan fingerprint density at radius 1 is 0.952 bits per heavy atom. The van der Waals surface area contributed by atoms with Crippen LogP contribution in [-0.4, -0.2) is 52.4 Å². The molecule has 9 heteroatoms. The van der Waals surface area contributed by atoms with Crippen molar-refractivity contribution in [2.75, 3.05) is 18.1 Å². The summed E-state index contributed by atoms with van der Waals surface area (Å²) in [5.74, 6) is 0.638. The van der Waals surface area contributed by atoms with Crippen LogP contribution in [0.1, 0.15) is 55.4 Å². The Balaban J connectivity index is 1.47. The molecule has 224 valence electrons. The van der Waals surface area contributed by atoms with E-state index in [1.54, 1.807) is 18.7 Å². The van der Waals surface area contributed by atoms with E-state index in [1.807, 2.05) is 72.8 Å². The molecule has 1 fully saturated rings. The van der Waals surface area contributed by atoms with Gasteiger partial charge in [-0.1, -0.05) is 73.7 Å². The van der Waals surface area contributed by atoms with Crippen molar-refractivity contribution >= 4 is 23.6 Å². The molecule has 5 unspecified atom stereocenters. The average Bonchev–Trinajstić information content (AvgIpc) is 3.00.